The van der Waals surface area contributed by atoms with Gasteiger partial charge in [0.25, 0.3) is 0 Å². The van der Waals surface area contributed by atoms with Gasteiger partial charge in [-0.15, -0.1) is 0 Å². The molecule has 1 aliphatic rings. The number of nitrogens with one attached hydrogen (secondary N) is 1. The molecule has 0 aromatic heterocycles. The van der Waals surface area contributed by atoms with E-state index in [2.05, 4.69) is 6.58 Å². The van der Waals surface area contributed by atoms with Crippen LogP contribution < -0.4 is 5.32 Å². The van der Waals surface area contributed by atoms with Gasteiger partial charge in [-0.3, -0.25) is 4.79 Å². The van der Waals surface area contributed by atoms with Crippen LogP contribution in [0.2, 0.25) is 0 Å². The van der Waals surface area contributed by atoms with Gasteiger partial charge >= 0.3 is 12.1 Å². The Kier molecular flexibility index (Phi) is 2.84. The summed E-state index contributed by atoms with van der Waals surface area (Å²) in [6, 6.07) is -0.652. The third-order valence-electron chi connectivity index (χ3n) is 2.28. The number of hydrogen-bond donors (Lipinski definition) is 2. The van der Waals surface area contributed by atoms with Crippen molar-refractivity contribution in [3.63, 3.8) is 0 Å². The minimum absolute atomic E-state index is 0.142. The molecule has 0 radical (unpaired) electrons. The maximum atomic E-state index is 11.8. The van der Waals surface area contributed by atoms with Gasteiger partial charge in [0.15, 0.2) is 0 Å². The first kappa shape index (κ1) is 11.0. The SMILES string of the molecule is C=C1[C@@H](CO)C[C@H]1NC(=O)C(F)(F)F. The Balaban J connectivity index is 2.42. The summed E-state index contributed by atoms with van der Waals surface area (Å²) < 4.78 is 35.4. The van der Waals surface area contributed by atoms with E-state index >= 15 is 0 Å². The Bertz CT molecular complexity index is 262. The van der Waals surface area contributed by atoms with Gasteiger partial charge < -0.3 is 10.4 Å². The number of hydrogen-bond acceptors (Lipinski definition) is 2. The predicted octanol–water partition coefficient (Wildman–Crippen LogP) is 0.602. The average Bonchev–Trinajstić information content (AvgIpc) is 2.08. The number of alkyl halides is 3. The van der Waals surface area contributed by atoms with E-state index in [1.54, 1.807) is 5.32 Å². The van der Waals surface area contributed by atoms with Gasteiger partial charge in [-0.05, 0) is 12.0 Å². The second kappa shape index (κ2) is 3.61. The molecule has 0 aromatic rings. The summed E-state index contributed by atoms with van der Waals surface area (Å²) >= 11 is 0. The topological polar surface area (TPSA) is 49.3 Å². The van der Waals surface area contributed by atoms with E-state index in [0.717, 1.165) is 0 Å². The molecule has 6 heteroatoms. The van der Waals surface area contributed by atoms with Crippen LogP contribution in [-0.2, 0) is 4.79 Å². The van der Waals surface area contributed by atoms with Crippen LogP contribution >= 0.6 is 0 Å². The lowest BCUT2D eigenvalue weighted by molar-refractivity contribution is -0.174. The summed E-state index contributed by atoms with van der Waals surface area (Å²) in [7, 11) is 0. The number of halogens is 3. The monoisotopic (exact) mass is 209 g/mol. The molecule has 1 rings (SSSR count). The summed E-state index contributed by atoms with van der Waals surface area (Å²) in [4.78, 5) is 10.5. The van der Waals surface area contributed by atoms with Crippen molar-refractivity contribution in [3.05, 3.63) is 12.2 Å². The largest absolute Gasteiger partial charge is 0.471 e. The Morgan fingerprint density at radius 1 is 1.64 bits per heavy atom. The average molecular weight is 209 g/mol. The van der Waals surface area contributed by atoms with Crippen molar-refractivity contribution in [3.8, 4) is 0 Å². The highest BCUT2D eigenvalue weighted by Gasteiger charge is 2.43. The van der Waals surface area contributed by atoms with E-state index in [1.807, 2.05) is 0 Å². The normalized spacial score (nSPS) is 27.0. The van der Waals surface area contributed by atoms with Crippen LogP contribution in [0.25, 0.3) is 0 Å². The van der Waals surface area contributed by atoms with E-state index in [4.69, 9.17) is 5.11 Å². The molecule has 3 nitrogen and oxygen atoms in total. The molecule has 0 spiro atoms. The van der Waals surface area contributed by atoms with Crippen LogP contribution in [-0.4, -0.2) is 29.8 Å². The van der Waals surface area contributed by atoms with Crippen LogP contribution in [0.5, 0.6) is 0 Å². The van der Waals surface area contributed by atoms with Crippen LogP contribution in [0.3, 0.4) is 0 Å². The van der Waals surface area contributed by atoms with E-state index in [0.29, 0.717) is 12.0 Å². The zero-order valence-corrected chi connectivity index (χ0v) is 7.27. The van der Waals surface area contributed by atoms with Gasteiger partial charge in [0.05, 0.1) is 6.04 Å². The van der Waals surface area contributed by atoms with Gasteiger partial charge in [-0.2, -0.15) is 13.2 Å². The number of aliphatic hydroxyl groups is 1. The smallest absolute Gasteiger partial charge is 0.396 e. The summed E-state index contributed by atoms with van der Waals surface area (Å²) in [5.41, 5.74) is 0.449. The molecule has 2 atom stereocenters. The van der Waals surface area contributed by atoms with Crippen molar-refractivity contribution in [2.24, 2.45) is 5.92 Å². The number of carbonyl (C=O) groups excluding carboxylic acids is 1. The van der Waals surface area contributed by atoms with Crippen molar-refractivity contribution in [1.29, 1.82) is 0 Å². The first-order valence-electron chi connectivity index (χ1n) is 4.03. The lowest BCUT2D eigenvalue weighted by atomic mass is 9.76. The van der Waals surface area contributed by atoms with Crippen LogP contribution in [0, 0.1) is 5.92 Å². The van der Waals surface area contributed by atoms with Crippen molar-refractivity contribution in [1.82, 2.24) is 5.32 Å². The molecule has 1 aliphatic carbocycles. The maximum Gasteiger partial charge on any atom is 0.471 e. The summed E-state index contributed by atoms with van der Waals surface area (Å²) in [6.45, 7) is 3.35. The fourth-order valence-electron chi connectivity index (χ4n) is 1.29. The van der Waals surface area contributed by atoms with Gasteiger partial charge in [0.1, 0.15) is 0 Å². The number of carbonyl (C=O) groups is 1. The first-order chi connectivity index (χ1) is 6.36. The molecular formula is C8H10F3NO2. The third kappa shape index (κ3) is 2.06. The second-order valence-corrected chi connectivity index (χ2v) is 3.21. The first-order valence-corrected chi connectivity index (χ1v) is 4.03. The molecule has 0 aliphatic heterocycles. The highest BCUT2D eigenvalue weighted by molar-refractivity contribution is 5.82. The molecule has 0 unspecified atom stereocenters. The zero-order valence-electron chi connectivity index (χ0n) is 7.27. The van der Waals surface area contributed by atoms with Crippen LogP contribution in [0.15, 0.2) is 12.2 Å². The van der Waals surface area contributed by atoms with E-state index in [1.165, 1.54) is 0 Å². The third-order valence-corrected chi connectivity index (χ3v) is 2.28. The minimum atomic E-state index is -4.86. The molecule has 0 heterocycles. The van der Waals surface area contributed by atoms with E-state index in [-0.39, 0.29) is 12.5 Å². The highest BCUT2D eigenvalue weighted by atomic mass is 19.4. The highest BCUT2D eigenvalue weighted by Crippen LogP contribution is 2.32. The predicted molar refractivity (Wildman–Crippen MR) is 42.3 cm³/mol. The van der Waals surface area contributed by atoms with Gasteiger partial charge in [-0.1, -0.05) is 6.58 Å². The standard InChI is InChI=1S/C8H10F3NO2/c1-4-5(3-13)2-6(4)12-7(14)8(9,10)11/h5-6,13H,1-3H2,(H,12,14)/t5-,6-/m1/s1. The molecule has 80 valence electrons. The Hall–Kier alpha value is -1.04. The van der Waals surface area contributed by atoms with Gasteiger partial charge in [0, 0.05) is 12.5 Å². The Morgan fingerprint density at radius 3 is 2.57 bits per heavy atom. The van der Waals surface area contributed by atoms with Crippen molar-refractivity contribution >= 4 is 5.91 Å². The zero-order chi connectivity index (χ0) is 10.9. The fraction of sp³-hybridized carbons (Fsp3) is 0.625. The molecule has 1 amide bonds. The summed E-state index contributed by atoms with van der Waals surface area (Å²) in [5, 5.41) is 10.5. The Morgan fingerprint density at radius 2 is 2.21 bits per heavy atom. The molecule has 0 aromatic carbocycles. The summed E-state index contributed by atoms with van der Waals surface area (Å²) in [5.74, 6) is -2.14. The molecule has 0 bridgehead atoms. The molecule has 2 N–H and O–H groups in total. The van der Waals surface area contributed by atoms with Crippen molar-refractivity contribution < 1.29 is 23.1 Å². The van der Waals surface area contributed by atoms with E-state index in [9.17, 15) is 18.0 Å². The maximum absolute atomic E-state index is 11.8. The van der Waals surface area contributed by atoms with Crippen LogP contribution in [0.1, 0.15) is 6.42 Å². The van der Waals surface area contributed by atoms with Crippen LogP contribution in [0.4, 0.5) is 13.2 Å². The number of rotatable bonds is 2. The van der Waals surface area contributed by atoms with Gasteiger partial charge in [-0.25, -0.2) is 0 Å². The van der Waals surface area contributed by atoms with Crippen molar-refractivity contribution in [2.45, 2.75) is 18.6 Å². The fourth-order valence-corrected chi connectivity index (χ4v) is 1.29. The quantitative estimate of drug-likeness (QED) is 0.654. The number of amides is 1. The summed E-state index contributed by atoms with van der Waals surface area (Å²) in [6.07, 6.45) is -4.54. The Labute approximate surface area is 78.6 Å². The molecule has 0 saturated heterocycles. The molecule has 1 saturated carbocycles. The lowest BCUT2D eigenvalue weighted by Crippen LogP contribution is -2.51. The van der Waals surface area contributed by atoms with Gasteiger partial charge in [0.2, 0.25) is 0 Å². The number of aliphatic hydroxyl groups excluding tert-OH is 1. The lowest BCUT2D eigenvalue weighted by Gasteiger charge is -2.37. The second-order valence-electron chi connectivity index (χ2n) is 3.21. The van der Waals surface area contributed by atoms with Crippen molar-refractivity contribution in [2.75, 3.05) is 6.61 Å². The molecule has 14 heavy (non-hydrogen) atoms. The minimum Gasteiger partial charge on any atom is -0.396 e. The molecule has 1 fully saturated rings. The molecular weight excluding hydrogens is 199 g/mol. The van der Waals surface area contributed by atoms with E-state index < -0.39 is 18.1 Å².